The van der Waals surface area contributed by atoms with Gasteiger partial charge < -0.3 is 10.4 Å². The standard InChI is InChI=1S/C29H23Cl2N3O3/c1-19(20-9-8-14-24(17-20)32-27(35)25-16-15-23(30)18-26(25)31)33-34-28(36)29(37,21-10-4-2-5-11-21)22-12-6-3-7-13-22/h2-18,37H,1H3,(H,32,35)(H,34,36)/b33-19+. The number of nitrogens with one attached hydrogen (secondary N) is 2. The third-order valence-electron chi connectivity index (χ3n) is 5.75. The molecule has 0 bridgehead atoms. The highest BCUT2D eigenvalue weighted by atomic mass is 35.5. The van der Waals surface area contributed by atoms with Gasteiger partial charge in [0.1, 0.15) is 0 Å². The molecule has 0 saturated heterocycles. The van der Waals surface area contributed by atoms with Gasteiger partial charge in [-0.05, 0) is 53.9 Å². The molecule has 0 aliphatic carbocycles. The molecule has 4 rings (SSSR count). The van der Waals surface area contributed by atoms with Crippen LogP contribution in [0.3, 0.4) is 0 Å². The smallest absolute Gasteiger partial charge is 0.281 e. The minimum atomic E-state index is -1.94. The van der Waals surface area contributed by atoms with Crippen LogP contribution in [0.5, 0.6) is 0 Å². The number of carbonyl (C=O) groups excluding carboxylic acids is 2. The van der Waals surface area contributed by atoms with Gasteiger partial charge in [-0.1, -0.05) is 96.0 Å². The Hall–Kier alpha value is -3.97. The average Bonchev–Trinajstić information content (AvgIpc) is 2.92. The number of hydrogen-bond donors (Lipinski definition) is 3. The molecule has 37 heavy (non-hydrogen) atoms. The van der Waals surface area contributed by atoms with Crippen molar-refractivity contribution < 1.29 is 14.7 Å². The molecule has 6 nitrogen and oxygen atoms in total. The number of halogens is 2. The lowest BCUT2D eigenvalue weighted by molar-refractivity contribution is -0.136. The lowest BCUT2D eigenvalue weighted by Crippen LogP contribution is -2.43. The number of hydrogen-bond acceptors (Lipinski definition) is 4. The van der Waals surface area contributed by atoms with Crippen molar-refractivity contribution in [3.63, 3.8) is 0 Å². The summed E-state index contributed by atoms with van der Waals surface area (Å²) in [7, 11) is 0. The second kappa shape index (κ2) is 11.4. The summed E-state index contributed by atoms with van der Waals surface area (Å²) in [6.45, 7) is 1.71. The Labute approximate surface area is 224 Å². The fourth-order valence-corrected chi connectivity index (χ4v) is 4.26. The second-order valence-corrected chi connectivity index (χ2v) is 9.08. The molecular weight excluding hydrogens is 509 g/mol. The molecule has 0 radical (unpaired) electrons. The lowest BCUT2D eigenvalue weighted by Gasteiger charge is -2.27. The molecule has 0 aromatic heterocycles. The van der Waals surface area contributed by atoms with Gasteiger partial charge >= 0.3 is 0 Å². The van der Waals surface area contributed by atoms with E-state index in [1.165, 1.54) is 6.07 Å². The summed E-state index contributed by atoms with van der Waals surface area (Å²) in [6.07, 6.45) is 0. The second-order valence-electron chi connectivity index (χ2n) is 8.24. The summed E-state index contributed by atoms with van der Waals surface area (Å²) in [5, 5.41) is 19.2. The van der Waals surface area contributed by atoms with E-state index in [2.05, 4.69) is 15.8 Å². The monoisotopic (exact) mass is 531 g/mol. The van der Waals surface area contributed by atoms with Crippen LogP contribution in [0, 0.1) is 0 Å². The fraction of sp³-hybridized carbons (Fsp3) is 0.0690. The van der Waals surface area contributed by atoms with Crippen LogP contribution in [-0.4, -0.2) is 22.6 Å². The van der Waals surface area contributed by atoms with E-state index in [4.69, 9.17) is 23.2 Å². The molecule has 4 aromatic rings. The molecule has 0 spiro atoms. The Balaban J connectivity index is 1.54. The number of anilines is 1. The van der Waals surface area contributed by atoms with Gasteiger partial charge in [0.2, 0.25) is 0 Å². The number of rotatable bonds is 7. The van der Waals surface area contributed by atoms with Gasteiger partial charge in [0.25, 0.3) is 11.8 Å². The van der Waals surface area contributed by atoms with E-state index < -0.39 is 17.4 Å². The van der Waals surface area contributed by atoms with Gasteiger partial charge in [-0.15, -0.1) is 0 Å². The first kappa shape index (κ1) is 26.1. The Kier molecular flexibility index (Phi) is 8.04. The average molecular weight is 532 g/mol. The highest BCUT2D eigenvalue weighted by molar-refractivity contribution is 6.37. The van der Waals surface area contributed by atoms with E-state index in [1.807, 2.05) is 12.1 Å². The van der Waals surface area contributed by atoms with Gasteiger partial charge in [0.15, 0.2) is 5.60 Å². The highest BCUT2D eigenvalue weighted by Crippen LogP contribution is 2.30. The minimum Gasteiger partial charge on any atom is -0.372 e. The first-order chi connectivity index (χ1) is 17.8. The zero-order chi connectivity index (χ0) is 26.4. The molecule has 0 aliphatic heterocycles. The maximum Gasteiger partial charge on any atom is 0.281 e. The number of carbonyl (C=O) groups is 2. The van der Waals surface area contributed by atoms with E-state index in [0.717, 1.165) is 0 Å². The van der Waals surface area contributed by atoms with E-state index in [9.17, 15) is 14.7 Å². The third-order valence-corrected chi connectivity index (χ3v) is 6.30. The lowest BCUT2D eigenvalue weighted by atomic mass is 9.85. The number of amides is 2. The van der Waals surface area contributed by atoms with Crippen LogP contribution < -0.4 is 10.7 Å². The molecule has 3 N–H and O–H groups in total. The van der Waals surface area contributed by atoms with Crippen LogP contribution in [-0.2, 0) is 10.4 Å². The van der Waals surface area contributed by atoms with Crippen molar-refractivity contribution in [2.45, 2.75) is 12.5 Å². The molecule has 0 atom stereocenters. The fourth-order valence-electron chi connectivity index (χ4n) is 3.76. The zero-order valence-corrected chi connectivity index (χ0v) is 21.3. The third kappa shape index (κ3) is 5.89. The van der Waals surface area contributed by atoms with Crippen molar-refractivity contribution in [2.75, 3.05) is 5.32 Å². The van der Waals surface area contributed by atoms with E-state index in [0.29, 0.717) is 33.1 Å². The van der Waals surface area contributed by atoms with Crippen LogP contribution in [0.15, 0.2) is 108 Å². The first-order valence-corrected chi connectivity index (χ1v) is 12.1. The topological polar surface area (TPSA) is 90.8 Å². The van der Waals surface area contributed by atoms with E-state index in [1.54, 1.807) is 91.9 Å². The largest absolute Gasteiger partial charge is 0.372 e. The molecule has 2 amide bonds. The van der Waals surface area contributed by atoms with Crippen molar-refractivity contribution in [3.8, 4) is 0 Å². The van der Waals surface area contributed by atoms with Gasteiger partial charge in [-0.2, -0.15) is 5.10 Å². The summed E-state index contributed by atoms with van der Waals surface area (Å²) in [4.78, 5) is 25.9. The Bertz CT molecular complexity index is 1420. The van der Waals surface area contributed by atoms with Crippen molar-refractivity contribution in [1.29, 1.82) is 0 Å². The number of hydrazone groups is 1. The maximum absolute atomic E-state index is 13.3. The molecule has 0 saturated carbocycles. The maximum atomic E-state index is 13.3. The molecule has 8 heteroatoms. The van der Waals surface area contributed by atoms with Crippen LogP contribution >= 0.6 is 23.2 Å². The van der Waals surface area contributed by atoms with E-state index >= 15 is 0 Å². The summed E-state index contributed by atoms with van der Waals surface area (Å²) >= 11 is 12.1. The number of nitrogens with zero attached hydrogens (tertiary/aromatic N) is 1. The van der Waals surface area contributed by atoms with Gasteiger partial charge in [0, 0.05) is 10.7 Å². The molecule has 186 valence electrons. The van der Waals surface area contributed by atoms with Crippen molar-refractivity contribution in [3.05, 3.63) is 135 Å². The quantitative estimate of drug-likeness (QED) is 0.201. The predicted octanol–water partition coefficient (Wildman–Crippen LogP) is 6.02. The first-order valence-electron chi connectivity index (χ1n) is 11.3. The molecule has 0 fully saturated rings. The van der Waals surface area contributed by atoms with E-state index in [-0.39, 0.29) is 10.6 Å². The van der Waals surface area contributed by atoms with Crippen molar-refractivity contribution in [2.24, 2.45) is 5.10 Å². The Morgan fingerprint density at radius 2 is 1.43 bits per heavy atom. The zero-order valence-electron chi connectivity index (χ0n) is 19.8. The van der Waals surface area contributed by atoms with Crippen LogP contribution in [0.2, 0.25) is 10.0 Å². The Morgan fingerprint density at radius 3 is 2.03 bits per heavy atom. The summed E-state index contributed by atoms with van der Waals surface area (Å²) in [5.41, 5.74) is 3.31. The van der Waals surface area contributed by atoms with Gasteiger partial charge in [0.05, 0.1) is 16.3 Å². The van der Waals surface area contributed by atoms with Crippen molar-refractivity contribution >= 4 is 46.4 Å². The van der Waals surface area contributed by atoms with Crippen LogP contribution in [0.4, 0.5) is 5.69 Å². The molecule has 4 aromatic carbocycles. The van der Waals surface area contributed by atoms with Gasteiger partial charge in [-0.25, -0.2) is 5.43 Å². The molecule has 0 unspecified atom stereocenters. The highest BCUT2D eigenvalue weighted by Gasteiger charge is 2.39. The number of aliphatic hydroxyl groups is 1. The molecule has 0 aliphatic rings. The Morgan fingerprint density at radius 1 is 0.811 bits per heavy atom. The molecule has 0 heterocycles. The van der Waals surface area contributed by atoms with Gasteiger partial charge in [-0.3, -0.25) is 9.59 Å². The predicted molar refractivity (Wildman–Crippen MR) is 147 cm³/mol. The number of benzene rings is 4. The van der Waals surface area contributed by atoms with Crippen LogP contribution in [0.25, 0.3) is 0 Å². The minimum absolute atomic E-state index is 0.242. The normalized spacial score (nSPS) is 11.6. The SMILES string of the molecule is C/C(=N\NC(=O)C(O)(c1ccccc1)c1ccccc1)c1cccc(NC(=O)c2ccc(Cl)cc2Cl)c1. The van der Waals surface area contributed by atoms with Crippen molar-refractivity contribution in [1.82, 2.24) is 5.43 Å². The summed E-state index contributed by atoms with van der Waals surface area (Å²) in [5.74, 6) is -1.09. The summed E-state index contributed by atoms with van der Waals surface area (Å²) in [6, 6.07) is 29.0. The summed E-state index contributed by atoms with van der Waals surface area (Å²) < 4.78 is 0. The molecular formula is C29H23Cl2N3O3. The van der Waals surface area contributed by atoms with Crippen LogP contribution in [0.1, 0.15) is 34.0 Å².